The van der Waals surface area contributed by atoms with E-state index >= 15 is 0 Å². The van der Waals surface area contributed by atoms with Crippen LogP contribution in [0.5, 0.6) is 5.75 Å². The molecule has 0 spiro atoms. The molecule has 0 aliphatic rings. The number of nitrogens with one attached hydrogen (secondary N) is 1. The topological polar surface area (TPSA) is 51.0 Å². The largest absolute Gasteiger partial charge is 0.489 e. The number of aromatic nitrogens is 1. The van der Waals surface area contributed by atoms with Gasteiger partial charge in [0.25, 0.3) is 0 Å². The quantitative estimate of drug-likeness (QED) is 0.765. The molecule has 0 aliphatic heterocycles. The fourth-order valence-corrected chi connectivity index (χ4v) is 2.37. The molecule has 3 N–H and O–H groups in total. The van der Waals surface area contributed by atoms with Gasteiger partial charge in [-0.2, -0.15) is 0 Å². The Morgan fingerprint density at radius 3 is 2.85 bits per heavy atom. The summed E-state index contributed by atoms with van der Waals surface area (Å²) in [6, 6.07) is 13.6. The second-order valence-corrected chi connectivity index (χ2v) is 5.08. The maximum atomic E-state index is 5.94. The SMILES string of the molecule is NCc1ccc2[nH]cc(COc3cccc(Cl)c3)c2c1. The van der Waals surface area contributed by atoms with Crippen LogP contribution in [0.2, 0.25) is 5.02 Å². The first-order chi connectivity index (χ1) is 9.76. The molecule has 0 saturated carbocycles. The molecule has 2 aromatic carbocycles. The third kappa shape index (κ3) is 2.64. The molecule has 0 saturated heterocycles. The lowest BCUT2D eigenvalue weighted by Crippen LogP contribution is -1.97. The van der Waals surface area contributed by atoms with Crippen molar-refractivity contribution < 1.29 is 4.74 Å². The van der Waals surface area contributed by atoms with E-state index in [0.29, 0.717) is 18.2 Å². The zero-order chi connectivity index (χ0) is 13.9. The van der Waals surface area contributed by atoms with Crippen molar-refractivity contribution in [3.05, 3.63) is 64.8 Å². The molecule has 4 heteroatoms. The first-order valence-corrected chi connectivity index (χ1v) is 6.81. The van der Waals surface area contributed by atoms with Gasteiger partial charge >= 0.3 is 0 Å². The predicted molar refractivity (Wildman–Crippen MR) is 82.0 cm³/mol. The van der Waals surface area contributed by atoms with E-state index in [9.17, 15) is 0 Å². The first kappa shape index (κ1) is 13.0. The van der Waals surface area contributed by atoms with Crippen molar-refractivity contribution in [1.82, 2.24) is 4.98 Å². The Bertz CT molecular complexity index is 736. The van der Waals surface area contributed by atoms with Crippen molar-refractivity contribution in [2.45, 2.75) is 13.2 Å². The molecule has 0 bridgehead atoms. The van der Waals surface area contributed by atoms with Gasteiger partial charge < -0.3 is 15.5 Å². The van der Waals surface area contributed by atoms with Crippen molar-refractivity contribution >= 4 is 22.5 Å². The molecule has 1 heterocycles. The highest BCUT2D eigenvalue weighted by Crippen LogP contribution is 2.23. The average molecular weight is 287 g/mol. The van der Waals surface area contributed by atoms with Crippen LogP contribution >= 0.6 is 11.6 Å². The van der Waals surface area contributed by atoms with E-state index in [1.54, 1.807) is 0 Å². The van der Waals surface area contributed by atoms with Gasteiger partial charge in [-0.25, -0.2) is 0 Å². The lowest BCUT2D eigenvalue weighted by molar-refractivity contribution is 0.307. The van der Waals surface area contributed by atoms with E-state index in [0.717, 1.165) is 27.8 Å². The molecule has 0 amide bonds. The minimum absolute atomic E-state index is 0.494. The normalized spacial score (nSPS) is 10.9. The Morgan fingerprint density at radius 2 is 2.05 bits per heavy atom. The van der Waals surface area contributed by atoms with Crippen LogP contribution in [0.25, 0.3) is 10.9 Å². The summed E-state index contributed by atoms with van der Waals surface area (Å²) >= 11 is 5.94. The molecular weight excluding hydrogens is 272 g/mol. The van der Waals surface area contributed by atoms with Crippen LogP contribution in [0.15, 0.2) is 48.7 Å². The Morgan fingerprint density at radius 1 is 1.15 bits per heavy atom. The third-order valence-corrected chi connectivity index (χ3v) is 3.49. The minimum atomic E-state index is 0.494. The fourth-order valence-electron chi connectivity index (χ4n) is 2.19. The summed E-state index contributed by atoms with van der Waals surface area (Å²) in [7, 11) is 0. The zero-order valence-corrected chi connectivity index (χ0v) is 11.7. The van der Waals surface area contributed by atoms with Gasteiger partial charge in [0.05, 0.1) is 0 Å². The molecular formula is C16H15ClN2O. The molecule has 0 fully saturated rings. The summed E-state index contributed by atoms with van der Waals surface area (Å²) in [6.07, 6.45) is 1.97. The van der Waals surface area contributed by atoms with Crippen LogP contribution in [-0.4, -0.2) is 4.98 Å². The number of hydrogen-bond donors (Lipinski definition) is 2. The van der Waals surface area contributed by atoms with Crippen LogP contribution in [0.1, 0.15) is 11.1 Å². The minimum Gasteiger partial charge on any atom is -0.489 e. The maximum Gasteiger partial charge on any atom is 0.121 e. The Hall–Kier alpha value is -1.97. The second-order valence-electron chi connectivity index (χ2n) is 4.64. The van der Waals surface area contributed by atoms with E-state index in [1.165, 1.54) is 0 Å². The smallest absolute Gasteiger partial charge is 0.121 e. The Kier molecular flexibility index (Phi) is 3.63. The van der Waals surface area contributed by atoms with Gasteiger partial charge in [-0.1, -0.05) is 23.7 Å². The van der Waals surface area contributed by atoms with Gasteiger partial charge in [0, 0.05) is 34.2 Å². The number of halogens is 1. The second kappa shape index (κ2) is 5.57. The molecule has 3 nitrogen and oxygen atoms in total. The summed E-state index contributed by atoms with van der Waals surface area (Å²) < 4.78 is 5.78. The van der Waals surface area contributed by atoms with Crippen LogP contribution in [-0.2, 0) is 13.2 Å². The first-order valence-electron chi connectivity index (χ1n) is 6.43. The molecule has 0 atom stereocenters. The van der Waals surface area contributed by atoms with E-state index in [1.807, 2.05) is 42.6 Å². The van der Waals surface area contributed by atoms with Crippen LogP contribution in [0.4, 0.5) is 0 Å². The maximum absolute atomic E-state index is 5.94. The zero-order valence-electron chi connectivity index (χ0n) is 10.9. The number of ether oxygens (including phenoxy) is 1. The van der Waals surface area contributed by atoms with Gasteiger partial charge in [-0.3, -0.25) is 0 Å². The van der Waals surface area contributed by atoms with E-state index < -0.39 is 0 Å². The number of aromatic amines is 1. The summed E-state index contributed by atoms with van der Waals surface area (Å²) in [6.45, 7) is 1.03. The molecule has 102 valence electrons. The van der Waals surface area contributed by atoms with Crippen molar-refractivity contribution in [3.8, 4) is 5.75 Å². The highest BCUT2D eigenvalue weighted by molar-refractivity contribution is 6.30. The summed E-state index contributed by atoms with van der Waals surface area (Å²) in [5.41, 5.74) is 8.99. The van der Waals surface area contributed by atoms with Crippen molar-refractivity contribution in [1.29, 1.82) is 0 Å². The molecule has 1 aromatic heterocycles. The van der Waals surface area contributed by atoms with Crippen molar-refractivity contribution in [2.24, 2.45) is 5.73 Å². The van der Waals surface area contributed by atoms with E-state index in [2.05, 4.69) is 11.1 Å². The van der Waals surface area contributed by atoms with Crippen LogP contribution in [0, 0.1) is 0 Å². The molecule has 3 aromatic rings. The monoisotopic (exact) mass is 286 g/mol. The number of fused-ring (bicyclic) bond motifs is 1. The Balaban J connectivity index is 1.83. The lowest BCUT2D eigenvalue weighted by Gasteiger charge is -2.06. The predicted octanol–water partition coefficient (Wildman–Crippen LogP) is 3.86. The van der Waals surface area contributed by atoms with Gasteiger partial charge in [-0.15, -0.1) is 0 Å². The number of rotatable bonds is 4. The summed E-state index contributed by atoms with van der Waals surface area (Å²) in [5.74, 6) is 0.766. The summed E-state index contributed by atoms with van der Waals surface area (Å²) in [4.78, 5) is 3.24. The number of nitrogens with two attached hydrogens (primary N) is 1. The summed E-state index contributed by atoms with van der Waals surface area (Å²) in [5, 5.41) is 1.82. The van der Waals surface area contributed by atoms with Crippen molar-refractivity contribution in [2.75, 3.05) is 0 Å². The van der Waals surface area contributed by atoms with E-state index in [-0.39, 0.29) is 0 Å². The molecule has 0 aliphatic carbocycles. The number of benzene rings is 2. The van der Waals surface area contributed by atoms with Gasteiger partial charge in [0.15, 0.2) is 0 Å². The van der Waals surface area contributed by atoms with Gasteiger partial charge in [-0.05, 0) is 35.9 Å². The Labute approximate surface area is 122 Å². The lowest BCUT2D eigenvalue weighted by atomic mass is 10.1. The molecule has 0 radical (unpaired) electrons. The fraction of sp³-hybridized carbons (Fsp3) is 0.125. The van der Waals surface area contributed by atoms with Gasteiger partial charge in [0.2, 0.25) is 0 Å². The van der Waals surface area contributed by atoms with E-state index in [4.69, 9.17) is 22.1 Å². The highest BCUT2D eigenvalue weighted by atomic mass is 35.5. The number of hydrogen-bond acceptors (Lipinski definition) is 2. The molecule has 0 unspecified atom stereocenters. The molecule has 3 rings (SSSR count). The van der Waals surface area contributed by atoms with Crippen LogP contribution in [0.3, 0.4) is 0 Å². The van der Waals surface area contributed by atoms with Crippen molar-refractivity contribution in [3.63, 3.8) is 0 Å². The standard InChI is InChI=1S/C16H15ClN2O/c17-13-2-1-3-14(7-13)20-10-12-9-19-16-5-4-11(8-18)6-15(12)16/h1-7,9,19H,8,10,18H2. The van der Waals surface area contributed by atoms with Crippen LogP contribution < -0.4 is 10.5 Å². The average Bonchev–Trinajstić information content (AvgIpc) is 2.87. The number of H-pyrrole nitrogens is 1. The third-order valence-electron chi connectivity index (χ3n) is 3.26. The highest BCUT2D eigenvalue weighted by Gasteiger charge is 2.05. The van der Waals surface area contributed by atoms with Gasteiger partial charge in [0.1, 0.15) is 12.4 Å². The molecule has 20 heavy (non-hydrogen) atoms.